The van der Waals surface area contributed by atoms with E-state index in [2.05, 4.69) is 10.6 Å². The van der Waals surface area contributed by atoms with Crippen molar-refractivity contribution < 1.29 is 19.1 Å². The van der Waals surface area contributed by atoms with Gasteiger partial charge in [0.05, 0.1) is 0 Å². The first-order valence-electron chi connectivity index (χ1n) is 12.1. The fraction of sp³-hybridized carbons (Fsp3) is 0.100. The molecule has 0 unspecified atom stereocenters. The smallest absolute Gasteiger partial charge is 0.329 e. The van der Waals surface area contributed by atoms with Gasteiger partial charge in [0.25, 0.3) is 5.91 Å². The Morgan fingerprint density at radius 3 is 2.54 bits per heavy atom. The van der Waals surface area contributed by atoms with Crippen LogP contribution in [0, 0.1) is 6.92 Å². The summed E-state index contributed by atoms with van der Waals surface area (Å²) in [4.78, 5) is 39.3. The molecule has 0 spiro atoms. The van der Waals surface area contributed by atoms with E-state index in [-0.39, 0.29) is 12.3 Å². The molecule has 4 amide bonds. The third-order valence-corrected chi connectivity index (χ3v) is 6.80. The van der Waals surface area contributed by atoms with E-state index in [1.54, 1.807) is 42.5 Å². The first kappa shape index (κ1) is 26.3. The number of nitrogens with zero attached hydrogens (tertiary/aromatic N) is 1. The normalized spacial score (nSPS) is 14.1. The van der Waals surface area contributed by atoms with Gasteiger partial charge in [-0.1, -0.05) is 77.3 Å². The van der Waals surface area contributed by atoms with Crippen molar-refractivity contribution in [3.8, 4) is 5.75 Å². The van der Waals surface area contributed by atoms with E-state index in [4.69, 9.17) is 27.9 Å². The Hall–Kier alpha value is -4.33. The molecule has 1 aliphatic heterocycles. The fourth-order valence-corrected chi connectivity index (χ4v) is 4.65. The summed E-state index contributed by atoms with van der Waals surface area (Å²) < 4.78 is 6.12. The molecule has 1 fully saturated rings. The predicted octanol–water partition coefficient (Wildman–Crippen LogP) is 6.57. The third kappa shape index (κ3) is 5.90. The molecule has 1 saturated heterocycles. The highest BCUT2D eigenvalue weighted by Crippen LogP contribution is 2.32. The molecule has 0 radical (unpaired) electrons. The van der Waals surface area contributed by atoms with Crippen molar-refractivity contribution in [1.82, 2.24) is 10.2 Å². The Morgan fingerprint density at radius 2 is 1.77 bits per heavy atom. The average molecular weight is 560 g/mol. The lowest BCUT2D eigenvalue weighted by molar-refractivity contribution is -0.127. The van der Waals surface area contributed by atoms with E-state index in [0.29, 0.717) is 27.0 Å². The minimum atomic E-state index is -0.680. The van der Waals surface area contributed by atoms with Crippen LogP contribution in [0.4, 0.5) is 10.5 Å². The highest BCUT2D eigenvalue weighted by atomic mass is 35.5. The number of ether oxygens (including phenoxy) is 1. The largest absolute Gasteiger partial charge is 0.488 e. The van der Waals surface area contributed by atoms with Crippen LogP contribution in [-0.2, 0) is 16.2 Å². The van der Waals surface area contributed by atoms with Crippen LogP contribution in [0.2, 0.25) is 10.0 Å². The zero-order valence-corrected chi connectivity index (χ0v) is 22.3. The molecule has 0 bridgehead atoms. The van der Waals surface area contributed by atoms with E-state index < -0.39 is 24.4 Å². The van der Waals surface area contributed by atoms with Gasteiger partial charge in [-0.2, -0.15) is 0 Å². The third-order valence-electron chi connectivity index (χ3n) is 6.22. The van der Waals surface area contributed by atoms with Crippen LogP contribution in [0.3, 0.4) is 0 Å². The Bertz CT molecular complexity index is 1630. The first-order valence-corrected chi connectivity index (χ1v) is 12.8. The quantitative estimate of drug-likeness (QED) is 0.198. The van der Waals surface area contributed by atoms with E-state index in [9.17, 15) is 14.4 Å². The summed E-state index contributed by atoms with van der Waals surface area (Å²) in [5.41, 5.74) is 3.00. The second kappa shape index (κ2) is 11.2. The molecule has 4 aromatic carbocycles. The van der Waals surface area contributed by atoms with Crippen molar-refractivity contribution in [3.63, 3.8) is 0 Å². The van der Waals surface area contributed by atoms with Gasteiger partial charge in [0.1, 0.15) is 24.6 Å². The molecule has 5 rings (SSSR count). The number of rotatable bonds is 7. The average Bonchev–Trinajstić information content (AvgIpc) is 3.17. The SMILES string of the molecule is Cc1ccc(NC(=O)CN2C(=O)N/C(=C/c3c(OCc4ccc(Cl)cc4Cl)ccc4ccccc34)C2=O)cc1. The summed E-state index contributed by atoms with van der Waals surface area (Å²) in [5.74, 6) is -0.610. The Balaban J connectivity index is 1.40. The Kier molecular flexibility index (Phi) is 7.54. The van der Waals surface area contributed by atoms with Crippen molar-refractivity contribution >= 4 is 63.6 Å². The van der Waals surface area contributed by atoms with Gasteiger partial charge in [0.2, 0.25) is 5.91 Å². The second-order valence-electron chi connectivity index (χ2n) is 9.02. The number of anilines is 1. The van der Waals surface area contributed by atoms with Crippen LogP contribution in [0.15, 0.2) is 84.6 Å². The Labute approximate surface area is 235 Å². The molecule has 0 saturated carbocycles. The summed E-state index contributed by atoms with van der Waals surface area (Å²) in [6, 6.07) is 23.0. The van der Waals surface area contributed by atoms with Gasteiger partial charge in [-0.15, -0.1) is 0 Å². The maximum absolute atomic E-state index is 13.2. The maximum atomic E-state index is 13.2. The maximum Gasteiger partial charge on any atom is 0.329 e. The first-order chi connectivity index (χ1) is 18.8. The van der Waals surface area contributed by atoms with Crippen LogP contribution < -0.4 is 15.4 Å². The molecule has 196 valence electrons. The lowest BCUT2D eigenvalue weighted by Crippen LogP contribution is -2.38. The van der Waals surface area contributed by atoms with E-state index in [0.717, 1.165) is 26.8 Å². The van der Waals surface area contributed by atoms with Gasteiger partial charge >= 0.3 is 6.03 Å². The predicted molar refractivity (Wildman–Crippen MR) is 153 cm³/mol. The van der Waals surface area contributed by atoms with Gasteiger partial charge < -0.3 is 15.4 Å². The number of hydrogen-bond acceptors (Lipinski definition) is 4. The molecule has 2 N–H and O–H groups in total. The number of urea groups is 1. The van der Waals surface area contributed by atoms with E-state index >= 15 is 0 Å². The molecule has 1 aliphatic rings. The molecule has 0 aliphatic carbocycles. The number of nitrogens with one attached hydrogen (secondary N) is 2. The van der Waals surface area contributed by atoms with E-state index in [1.807, 2.05) is 49.4 Å². The highest BCUT2D eigenvalue weighted by Gasteiger charge is 2.35. The highest BCUT2D eigenvalue weighted by molar-refractivity contribution is 6.35. The number of aryl methyl sites for hydroxylation is 1. The number of benzene rings is 4. The summed E-state index contributed by atoms with van der Waals surface area (Å²) in [5, 5.41) is 8.03. The van der Waals surface area contributed by atoms with Crippen molar-refractivity contribution in [1.29, 1.82) is 0 Å². The molecule has 9 heteroatoms. The standard InChI is InChI=1S/C30H23Cl2N3O4/c1-18-6-11-22(12-7-18)33-28(36)16-35-29(37)26(34-30(35)38)15-24-23-5-3-2-4-19(23)9-13-27(24)39-17-20-8-10-21(31)14-25(20)32/h2-15H,16-17H2,1H3,(H,33,36)(H,34,38)/b26-15+. The van der Waals surface area contributed by atoms with Gasteiger partial charge in [0.15, 0.2) is 0 Å². The number of carbonyl (C=O) groups is 3. The molecule has 0 aromatic heterocycles. The van der Waals surface area contributed by atoms with Gasteiger partial charge in [-0.05, 0) is 54.1 Å². The molecule has 7 nitrogen and oxygen atoms in total. The van der Waals surface area contributed by atoms with E-state index in [1.165, 1.54) is 0 Å². The summed E-state index contributed by atoms with van der Waals surface area (Å²) in [6.45, 7) is 1.67. The lowest BCUT2D eigenvalue weighted by Gasteiger charge is -2.14. The zero-order chi connectivity index (χ0) is 27.5. The number of halogens is 2. The van der Waals surface area contributed by atoms with Crippen LogP contribution >= 0.6 is 23.2 Å². The van der Waals surface area contributed by atoms with Gasteiger partial charge in [-0.3, -0.25) is 9.59 Å². The van der Waals surface area contributed by atoms with Crippen LogP contribution in [0.5, 0.6) is 5.75 Å². The van der Waals surface area contributed by atoms with Gasteiger partial charge in [0, 0.05) is 26.9 Å². The van der Waals surface area contributed by atoms with Crippen molar-refractivity contribution in [2.75, 3.05) is 11.9 Å². The molecule has 0 atom stereocenters. The van der Waals surface area contributed by atoms with Crippen molar-refractivity contribution in [2.24, 2.45) is 0 Å². The monoisotopic (exact) mass is 559 g/mol. The minimum absolute atomic E-state index is 0.0360. The molecule has 39 heavy (non-hydrogen) atoms. The van der Waals surface area contributed by atoms with Crippen molar-refractivity contribution in [3.05, 3.63) is 111 Å². The number of hydrogen-bond donors (Lipinski definition) is 2. The number of fused-ring (bicyclic) bond motifs is 1. The summed E-state index contributed by atoms with van der Waals surface area (Å²) in [6.07, 6.45) is 1.57. The van der Waals surface area contributed by atoms with Crippen molar-refractivity contribution in [2.45, 2.75) is 13.5 Å². The second-order valence-corrected chi connectivity index (χ2v) is 9.86. The van der Waals surface area contributed by atoms with Crippen LogP contribution in [-0.4, -0.2) is 29.3 Å². The lowest BCUT2D eigenvalue weighted by atomic mass is 10.0. The summed E-state index contributed by atoms with van der Waals surface area (Å²) in [7, 11) is 0. The topological polar surface area (TPSA) is 87.7 Å². The molecular weight excluding hydrogens is 537 g/mol. The molecular formula is C30H23Cl2N3O4. The fourth-order valence-electron chi connectivity index (χ4n) is 4.19. The zero-order valence-electron chi connectivity index (χ0n) is 20.8. The Morgan fingerprint density at radius 1 is 1.00 bits per heavy atom. The van der Waals surface area contributed by atoms with Gasteiger partial charge in [-0.25, -0.2) is 9.69 Å². The number of imide groups is 1. The number of amides is 4. The van der Waals surface area contributed by atoms with Crippen LogP contribution in [0.1, 0.15) is 16.7 Å². The molecule has 4 aromatic rings. The number of carbonyl (C=O) groups excluding carboxylic acids is 3. The van der Waals surface area contributed by atoms with Crippen LogP contribution in [0.25, 0.3) is 16.8 Å². The summed E-state index contributed by atoms with van der Waals surface area (Å²) >= 11 is 12.3. The minimum Gasteiger partial charge on any atom is -0.488 e. The molecule has 1 heterocycles.